The summed E-state index contributed by atoms with van der Waals surface area (Å²) in [7, 11) is 0. The molecule has 1 aromatic rings. The Morgan fingerprint density at radius 2 is 1.88 bits per heavy atom. The fourth-order valence-corrected chi connectivity index (χ4v) is 3.07. The van der Waals surface area contributed by atoms with Crippen LogP contribution in [0.2, 0.25) is 0 Å². The molecule has 1 atom stereocenters. The zero-order valence-electron chi connectivity index (χ0n) is 10.1. The van der Waals surface area contributed by atoms with E-state index in [2.05, 4.69) is 0 Å². The summed E-state index contributed by atoms with van der Waals surface area (Å²) in [5, 5.41) is 1.69. The van der Waals surface area contributed by atoms with Gasteiger partial charge in [0, 0.05) is 0 Å². The second kappa shape index (κ2) is 4.57. The average molecular weight is 231 g/mol. The van der Waals surface area contributed by atoms with Crippen LogP contribution in [0.3, 0.4) is 0 Å². The second-order valence-corrected chi connectivity index (χ2v) is 5.11. The average Bonchev–Trinajstić information content (AvgIpc) is 2.40. The molecule has 1 fully saturated rings. The quantitative estimate of drug-likeness (QED) is 0.744. The fraction of sp³-hybridized carbons (Fsp3) is 0.571. The smallest absolute Gasteiger partial charge is 0.144 e. The van der Waals surface area contributed by atoms with Gasteiger partial charge >= 0.3 is 0 Å². The lowest BCUT2D eigenvalue weighted by Crippen LogP contribution is -2.47. The first kappa shape index (κ1) is 10.9. The summed E-state index contributed by atoms with van der Waals surface area (Å²) in [6, 6.07) is 8.12. The van der Waals surface area contributed by atoms with E-state index in [9.17, 15) is 0 Å². The number of hydrogen-bond acceptors (Lipinski definition) is 2. The molecule has 1 aromatic carbocycles. The number of benzene rings is 1. The Labute approximate surface area is 103 Å². The Morgan fingerprint density at radius 3 is 2.71 bits per heavy atom. The van der Waals surface area contributed by atoms with Gasteiger partial charge in [-0.2, -0.15) is 5.84 Å². The van der Waals surface area contributed by atoms with Crippen LogP contribution in [0.4, 0.5) is 5.69 Å². The molecular formula is C14H19N2O. The van der Waals surface area contributed by atoms with Crippen molar-refractivity contribution in [1.82, 2.24) is 5.84 Å². The number of rotatable bonds is 1. The van der Waals surface area contributed by atoms with E-state index in [1.54, 1.807) is 5.01 Å². The van der Waals surface area contributed by atoms with E-state index >= 15 is 0 Å². The van der Waals surface area contributed by atoms with Crippen LogP contribution in [-0.4, -0.2) is 12.6 Å². The molecule has 0 amide bonds. The number of nitrogens with zero attached hydrogens (tertiary/aromatic N) is 1. The van der Waals surface area contributed by atoms with E-state index in [-0.39, 0.29) is 6.04 Å². The predicted molar refractivity (Wildman–Crippen MR) is 67.9 cm³/mol. The van der Waals surface area contributed by atoms with Gasteiger partial charge in [-0.15, -0.1) is 0 Å². The van der Waals surface area contributed by atoms with E-state index in [0.29, 0.717) is 12.5 Å². The molecule has 17 heavy (non-hydrogen) atoms. The second-order valence-electron chi connectivity index (χ2n) is 5.11. The van der Waals surface area contributed by atoms with E-state index in [4.69, 9.17) is 10.6 Å². The summed E-state index contributed by atoms with van der Waals surface area (Å²) in [6.45, 7) is 0.672. The third-order valence-corrected chi connectivity index (χ3v) is 4.06. The number of anilines is 1. The zero-order valence-corrected chi connectivity index (χ0v) is 10.1. The Hall–Kier alpha value is -1.22. The largest absolute Gasteiger partial charge is 0.489 e. The normalized spacial score (nSPS) is 25.2. The van der Waals surface area contributed by atoms with Crippen molar-refractivity contribution in [1.29, 1.82) is 0 Å². The van der Waals surface area contributed by atoms with E-state index in [0.717, 1.165) is 11.4 Å². The van der Waals surface area contributed by atoms with Crippen molar-refractivity contribution in [2.75, 3.05) is 11.6 Å². The molecule has 0 spiro atoms. The van der Waals surface area contributed by atoms with Crippen LogP contribution >= 0.6 is 0 Å². The lowest BCUT2D eigenvalue weighted by atomic mass is 9.83. The summed E-state index contributed by atoms with van der Waals surface area (Å²) >= 11 is 0. The highest BCUT2D eigenvalue weighted by molar-refractivity contribution is 5.59. The maximum absolute atomic E-state index is 8.30. The van der Waals surface area contributed by atoms with E-state index in [1.807, 2.05) is 24.3 Å². The molecule has 1 radical (unpaired) electrons. The highest BCUT2D eigenvalue weighted by atomic mass is 16.5. The number of hydrogen-bond donors (Lipinski definition) is 0. The van der Waals surface area contributed by atoms with Crippen LogP contribution in [0, 0.1) is 5.92 Å². The predicted octanol–water partition coefficient (Wildman–Crippen LogP) is 3.03. The molecule has 0 aromatic heterocycles. The van der Waals surface area contributed by atoms with Crippen LogP contribution in [-0.2, 0) is 0 Å². The SMILES string of the molecule is [NH]N1c2ccccc2OC[C@H]1C1CCCCC1. The molecule has 0 unspecified atom stereocenters. The molecule has 1 saturated carbocycles. The van der Waals surface area contributed by atoms with Gasteiger partial charge in [0.15, 0.2) is 0 Å². The lowest BCUT2D eigenvalue weighted by molar-refractivity contribution is 0.189. The Balaban J connectivity index is 1.81. The summed E-state index contributed by atoms with van der Waals surface area (Å²) in [5.41, 5.74) is 0.925. The minimum absolute atomic E-state index is 0.241. The number of para-hydroxylation sites is 2. The third-order valence-electron chi connectivity index (χ3n) is 4.06. The van der Waals surface area contributed by atoms with Gasteiger partial charge in [0.05, 0.1) is 11.7 Å². The van der Waals surface area contributed by atoms with Gasteiger partial charge in [-0.25, -0.2) is 0 Å². The van der Waals surface area contributed by atoms with Crippen LogP contribution in [0.1, 0.15) is 32.1 Å². The summed E-state index contributed by atoms with van der Waals surface area (Å²) in [4.78, 5) is 0. The van der Waals surface area contributed by atoms with Crippen molar-refractivity contribution in [2.24, 2.45) is 5.92 Å². The first-order valence-electron chi connectivity index (χ1n) is 6.58. The van der Waals surface area contributed by atoms with Crippen LogP contribution in [0.25, 0.3) is 0 Å². The Kier molecular flexibility index (Phi) is 2.93. The van der Waals surface area contributed by atoms with Crippen LogP contribution in [0.5, 0.6) is 5.75 Å². The zero-order chi connectivity index (χ0) is 11.7. The van der Waals surface area contributed by atoms with Gasteiger partial charge in [0.25, 0.3) is 0 Å². The lowest BCUT2D eigenvalue weighted by Gasteiger charge is -2.40. The summed E-state index contributed by atoms with van der Waals surface area (Å²) in [5.74, 6) is 9.79. The molecule has 1 aliphatic heterocycles. The van der Waals surface area contributed by atoms with Crippen molar-refractivity contribution in [3.05, 3.63) is 24.3 Å². The number of fused-ring (bicyclic) bond motifs is 1. The molecular weight excluding hydrogens is 212 g/mol. The van der Waals surface area contributed by atoms with Crippen molar-refractivity contribution in [3.8, 4) is 5.75 Å². The summed E-state index contributed by atoms with van der Waals surface area (Å²) < 4.78 is 5.80. The molecule has 3 rings (SSSR count). The topological polar surface area (TPSA) is 36.3 Å². The van der Waals surface area contributed by atoms with Gasteiger partial charge in [-0.1, -0.05) is 31.4 Å². The van der Waals surface area contributed by atoms with E-state index in [1.165, 1.54) is 32.1 Å². The van der Waals surface area contributed by atoms with Gasteiger partial charge in [0.1, 0.15) is 12.4 Å². The molecule has 3 heteroatoms. The molecule has 91 valence electrons. The Morgan fingerprint density at radius 1 is 1.12 bits per heavy atom. The van der Waals surface area contributed by atoms with Crippen molar-refractivity contribution in [3.63, 3.8) is 0 Å². The van der Waals surface area contributed by atoms with E-state index < -0.39 is 0 Å². The monoisotopic (exact) mass is 231 g/mol. The minimum Gasteiger partial charge on any atom is -0.489 e. The van der Waals surface area contributed by atoms with Gasteiger partial charge in [0.2, 0.25) is 0 Å². The Bertz CT molecular complexity index is 388. The van der Waals surface area contributed by atoms with Gasteiger partial charge in [-0.05, 0) is 30.9 Å². The maximum Gasteiger partial charge on any atom is 0.144 e. The molecule has 3 nitrogen and oxygen atoms in total. The molecule has 1 aliphatic carbocycles. The minimum atomic E-state index is 0.241. The first-order valence-corrected chi connectivity index (χ1v) is 6.58. The first-order chi connectivity index (χ1) is 8.36. The van der Waals surface area contributed by atoms with Gasteiger partial charge < -0.3 is 4.74 Å². The van der Waals surface area contributed by atoms with Crippen LogP contribution < -0.4 is 15.6 Å². The fourth-order valence-electron chi connectivity index (χ4n) is 3.07. The standard InChI is InChI=1S/C14H19N2O/c15-16-12-8-4-5-9-14(12)17-10-13(16)11-6-2-1-3-7-11/h4-5,8-9,11,13,15H,1-3,6-7,10H2/t13-/m0/s1. The third kappa shape index (κ3) is 2.00. The molecule has 0 bridgehead atoms. The van der Waals surface area contributed by atoms with Crippen molar-refractivity contribution >= 4 is 5.69 Å². The van der Waals surface area contributed by atoms with Gasteiger partial charge in [-0.3, -0.25) is 5.01 Å². The summed E-state index contributed by atoms with van der Waals surface area (Å²) in [6.07, 6.45) is 6.50. The van der Waals surface area contributed by atoms with Crippen molar-refractivity contribution in [2.45, 2.75) is 38.1 Å². The molecule has 1 heterocycles. The van der Waals surface area contributed by atoms with Crippen LogP contribution in [0.15, 0.2) is 24.3 Å². The number of nitrogens with one attached hydrogen (secondary N) is 1. The molecule has 2 aliphatic rings. The highest BCUT2D eigenvalue weighted by Crippen LogP contribution is 2.37. The molecule has 1 N–H and O–H groups in total. The van der Waals surface area contributed by atoms with Crippen molar-refractivity contribution < 1.29 is 4.74 Å². The number of ether oxygens (including phenoxy) is 1. The maximum atomic E-state index is 8.30. The highest BCUT2D eigenvalue weighted by Gasteiger charge is 2.32. The molecule has 0 saturated heterocycles.